The second kappa shape index (κ2) is 11.0. The normalized spacial score (nSPS) is 17.6. The van der Waals surface area contributed by atoms with Gasteiger partial charge in [-0.15, -0.1) is 0 Å². The van der Waals surface area contributed by atoms with E-state index in [1.807, 2.05) is 32.3 Å². The standard InChI is InChI=1S/C28H33N9O3/c1-18-6-12-39-28-21(17-32-36(28)3)26-29-7-5-24(34-26)33-25-14-22(40-18)20(16-30-25)19-13-23(38-4)27(31-15-19)37-10-8-35(2)9-11-37/h5,7,13-18H,6,8-12H2,1-4H3,(H,29,30,33,34)/t18-/m0/s1. The summed E-state index contributed by atoms with van der Waals surface area (Å²) < 4.78 is 20.1. The lowest BCUT2D eigenvalue weighted by molar-refractivity contribution is 0.173. The Morgan fingerprint density at radius 1 is 0.975 bits per heavy atom. The molecule has 0 radical (unpaired) electrons. The van der Waals surface area contributed by atoms with E-state index >= 15 is 0 Å². The van der Waals surface area contributed by atoms with Crippen molar-refractivity contribution in [1.82, 2.24) is 34.6 Å². The van der Waals surface area contributed by atoms with Crippen molar-refractivity contribution in [3.05, 3.63) is 43.0 Å². The van der Waals surface area contributed by atoms with E-state index in [0.717, 1.165) is 54.4 Å². The molecule has 0 unspecified atom stereocenters. The molecule has 1 fully saturated rings. The molecule has 6 rings (SSSR count). The minimum atomic E-state index is -0.137. The van der Waals surface area contributed by atoms with E-state index < -0.39 is 0 Å². The van der Waals surface area contributed by atoms with Crippen LogP contribution in [0, 0.1) is 0 Å². The van der Waals surface area contributed by atoms with E-state index in [-0.39, 0.29) is 6.10 Å². The molecular weight excluding hydrogens is 510 g/mol. The Labute approximate surface area is 233 Å². The largest absolute Gasteiger partial charge is 0.493 e. The van der Waals surface area contributed by atoms with E-state index in [9.17, 15) is 0 Å². The highest BCUT2D eigenvalue weighted by atomic mass is 16.5. The number of anilines is 3. The van der Waals surface area contributed by atoms with Crippen LogP contribution in [0.4, 0.5) is 17.5 Å². The number of likely N-dealkylation sites (N-methyl/N-ethyl adjacent to an activating group) is 1. The molecule has 4 bridgehead atoms. The quantitative estimate of drug-likeness (QED) is 0.410. The Kier molecular flexibility index (Phi) is 7.08. The number of methoxy groups -OCH3 is 1. The minimum absolute atomic E-state index is 0.137. The fourth-order valence-corrected chi connectivity index (χ4v) is 4.85. The third-order valence-corrected chi connectivity index (χ3v) is 7.16. The highest BCUT2D eigenvalue weighted by Crippen LogP contribution is 2.37. The average molecular weight is 544 g/mol. The molecule has 208 valence electrons. The van der Waals surface area contributed by atoms with Gasteiger partial charge in [0.1, 0.15) is 22.9 Å². The van der Waals surface area contributed by atoms with Gasteiger partial charge in [0.05, 0.1) is 26.0 Å². The number of hydrogen-bond donors (Lipinski definition) is 1. The SMILES string of the molecule is COc1cc(-c2cnc3cc2O[C@@H](C)CCOc2c(cnn2C)-c2nccc(n2)N3)cnc1N1CCN(C)CC1. The Balaban J connectivity index is 1.35. The fraction of sp³-hybridized carbons (Fsp3) is 0.393. The first-order valence-electron chi connectivity index (χ1n) is 13.4. The smallest absolute Gasteiger partial charge is 0.222 e. The van der Waals surface area contributed by atoms with E-state index in [0.29, 0.717) is 42.1 Å². The molecular formula is C28H33N9O3. The summed E-state index contributed by atoms with van der Waals surface area (Å²) in [6.45, 7) is 6.24. The summed E-state index contributed by atoms with van der Waals surface area (Å²) in [6.07, 6.45) is 7.58. The van der Waals surface area contributed by atoms with Gasteiger partial charge in [-0.2, -0.15) is 5.10 Å². The van der Waals surface area contributed by atoms with Gasteiger partial charge >= 0.3 is 0 Å². The Morgan fingerprint density at radius 3 is 2.65 bits per heavy atom. The van der Waals surface area contributed by atoms with Crippen molar-refractivity contribution >= 4 is 17.5 Å². The van der Waals surface area contributed by atoms with Crippen molar-refractivity contribution in [2.45, 2.75) is 19.4 Å². The number of piperazine rings is 1. The molecule has 12 nitrogen and oxygen atoms in total. The molecule has 4 aromatic rings. The predicted molar refractivity (Wildman–Crippen MR) is 151 cm³/mol. The van der Waals surface area contributed by atoms with Gasteiger partial charge in [0.15, 0.2) is 17.4 Å². The maximum Gasteiger partial charge on any atom is 0.222 e. The number of nitrogens with zero attached hydrogens (tertiary/aromatic N) is 8. The first-order valence-corrected chi connectivity index (χ1v) is 13.4. The number of pyridine rings is 2. The van der Waals surface area contributed by atoms with Gasteiger partial charge in [-0.3, -0.25) is 0 Å². The lowest BCUT2D eigenvalue weighted by Gasteiger charge is -2.33. The van der Waals surface area contributed by atoms with Crippen molar-refractivity contribution in [3.63, 3.8) is 0 Å². The number of hydrogen-bond acceptors (Lipinski definition) is 11. The van der Waals surface area contributed by atoms with Crippen LogP contribution in [0.2, 0.25) is 0 Å². The molecule has 0 aliphatic carbocycles. The van der Waals surface area contributed by atoms with E-state index in [4.69, 9.17) is 19.2 Å². The molecule has 1 saturated heterocycles. The van der Waals surface area contributed by atoms with Crippen molar-refractivity contribution in [2.75, 3.05) is 57.2 Å². The minimum Gasteiger partial charge on any atom is -0.493 e. The summed E-state index contributed by atoms with van der Waals surface area (Å²) in [7, 11) is 5.65. The van der Waals surface area contributed by atoms with Crippen LogP contribution in [-0.2, 0) is 7.05 Å². The summed E-state index contributed by atoms with van der Waals surface area (Å²) in [5, 5.41) is 7.63. The van der Waals surface area contributed by atoms with Crippen LogP contribution in [0.15, 0.2) is 43.0 Å². The van der Waals surface area contributed by atoms with Crippen molar-refractivity contribution in [1.29, 1.82) is 0 Å². The van der Waals surface area contributed by atoms with E-state index in [1.165, 1.54) is 0 Å². The van der Waals surface area contributed by atoms with Gasteiger partial charge in [0, 0.05) is 75.4 Å². The summed E-state index contributed by atoms with van der Waals surface area (Å²) in [4.78, 5) is 23.2. The zero-order valence-electron chi connectivity index (χ0n) is 23.2. The number of nitrogens with one attached hydrogen (secondary N) is 1. The third-order valence-electron chi connectivity index (χ3n) is 7.16. The van der Waals surface area contributed by atoms with Gasteiger partial charge in [-0.25, -0.2) is 24.6 Å². The second-order valence-electron chi connectivity index (χ2n) is 10.0. The Bertz CT molecular complexity index is 1500. The molecule has 1 atom stereocenters. The highest BCUT2D eigenvalue weighted by molar-refractivity contribution is 5.75. The molecule has 1 N–H and O–H groups in total. The van der Waals surface area contributed by atoms with Gasteiger partial charge in [-0.05, 0) is 26.1 Å². The van der Waals surface area contributed by atoms with Crippen molar-refractivity contribution in [2.24, 2.45) is 7.05 Å². The van der Waals surface area contributed by atoms with Gasteiger partial charge in [0.25, 0.3) is 0 Å². The van der Waals surface area contributed by atoms with E-state index in [2.05, 4.69) is 42.2 Å². The molecule has 40 heavy (non-hydrogen) atoms. The summed E-state index contributed by atoms with van der Waals surface area (Å²) >= 11 is 0. The van der Waals surface area contributed by atoms with Gasteiger partial charge in [0.2, 0.25) is 5.88 Å². The highest BCUT2D eigenvalue weighted by Gasteiger charge is 2.22. The van der Waals surface area contributed by atoms with Gasteiger partial charge < -0.3 is 29.3 Å². The summed E-state index contributed by atoms with van der Waals surface area (Å²) in [6, 6.07) is 5.68. The predicted octanol–water partition coefficient (Wildman–Crippen LogP) is 3.39. The first-order chi connectivity index (χ1) is 19.5. The van der Waals surface area contributed by atoms with Crippen LogP contribution in [0.5, 0.6) is 17.4 Å². The topological polar surface area (TPSA) is 116 Å². The molecule has 4 aromatic heterocycles. The van der Waals surface area contributed by atoms with Crippen LogP contribution in [-0.4, -0.2) is 87.7 Å². The summed E-state index contributed by atoms with van der Waals surface area (Å²) in [5.41, 5.74) is 2.40. The van der Waals surface area contributed by atoms with Crippen LogP contribution in [0.3, 0.4) is 0 Å². The Morgan fingerprint density at radius 2 is 1.82 bits per heavy atom. The second-order valence-corrected chi connectivity index (χ2v) is 10.0. The number of ether oxygens (including phenoxy) is 3. The maximum absolute atomic E-state index is 6.47. The van der Waals surface area contributed by atoms with Crippen LogP contribution in [0.25, 0.3) is 22.5 Å². The third kappa shape index (κ3) is 5.22. The zero-order chi connectivity index (χ0) is 27.6. The maximum atomic E-state index is 6.47. The molecule has 12 heteroatoms. The molecule has 0 spiro atoms. The fourth-order valence-electron chi connectivity index (χ4n) is 4.85. The van der Waals surface area contributed by atoms with Gasteiger partial charge in [-0.1, -0.05) is 0 Å². The molecule has 0 aromatic carbocycles. The number of fused-ring (bicyclic) bond motifs is 6. The van der Waals surface area contributed by atoms with Crippen molar-refractivity contribution < 1.29 is 14.2 Å². The molecule has 2 aliphatic heterocycles. The van der Waals surface area contributed by atoms with Crippen LogP contribution in [0.1, 0.15) is 13.3 Å². The molecule has 2 aliphatic rings. The Hall–Kier alpha value is -4.45. The van der Waals surface area contributed by atoms with E-state index in [1.54, 1.807) is 36.4 Å². The van der Waals surface area contributed by atoms with Crippen LogP contribution < -0.4 is 24.4 Å². The summed E-state index contributed by atoms with van der Waals surface area (Å²) in [5.74, 6) is 4.57. The first kappa shape index (κ1) is 25.8. The molecule has 0 amide bonds. The zero-order valence-corrected chi connectivity index (χ0v) is 23.2. The average Bonchev–Trinajstić information content (AvgIpc) is 3.33. The molecule has 0 saturated carbocycles. The van der Waals surface area contributed by atoms with Crippen LogP contribution >= 0.6 is 0 Å². The number of aryl methyl sites for hydroxylation is 1. The molecule has 6 heterocycles. The lowest BCUT2D eigenvalue weighted by Crippen LogP contribution is -2.44. The number of aromatic nitrogens is 6. The van der Waals surface area contributed by atoms with Crippen molar-refractivity contribution in [3.8, 4) is 39.9 Å². The number of rotatable bonds is 3. The lowest BCUT2D eigenvalue weighted by atomic mass is 10.1. The monoisotopic (exact) mass is 543 g/mol.